The molecule has 0 aliphatic heterocycles. The lowest BCUT2D eigenvalue weighted by molar-refractivity contribution is 0.0696. The van der Waals surface area contributed by atoms with Gasteiger partial charge in [0, 0.05) is 12.4 Å². The maximum atomic E-state index is 12.3. The summed E-state index contributed by atoms with van der Waals surface area (Å²) >= 11 is 0. The molecule has 2 heterocycles. The minimum Gasteiger partial charge on any atom is -0.452 e. The molecule has 1 aromatic carbocycles. The minimum atomic E-state index is -0.494. The summed E-state index contributed by atoms with van der Waals surface area (Å²) in [5, 5.41) is 4.11. The first-order valence-electron chi connectivity index (χ1n) is 7.39. The van der Waals surface area contributed by atoms with Gasteiger partial charge in [0.25, 0.3) is 0 Å². The number of hydrogen-bond donors (Lipinski definition) is 0. The Labute approximate surface area is 134 Å². The van der Waals surface area contributed by atoms with E-state index in [1.54, 1.807) is 23.0 Å². The highest BCUT2D eigenvalue weighted by molar-refractivity contribution is 5.88. The number of nitrogens with zero attached hydrogens (tertiary/aromatic N) is 2. The van der Waals surface area contributed by atoms with E-state index in [-0.39, 0.29) is 5.76 Å². The Balaban J connectivity index is 1.75. The third-order valence-corrected chi connectivity index (χ3v) is 3.54. The molecule has 3 aromatic rings. The normalized spacial score (nSPS) is 10.7. The third-order valence-electron chi connectivity index (χ3n) is 3.54. The second-order valence-electron chi connectivity index (χ2n) is 5.59. The Bertz CT molecular complexity index is 809. The fourth-order valence-electron chi connectivity index (χ4n) is 2.60. The van der Waals surface area contributed by atoms with E-state index in [4.69, 9.17) is 9.15 Å². The Kier molecular flexibility index (Phi) is 4.02. The number of carbonyl (C=O) groups excluding carboxylic acids is 1. The smallest absolute Gasteiger partial charge is 0.379 e. The number of hydrogen-bond acceptors (Lipinski definition) is 4. The van der Waals surface area contributed by atoms with Crippen molar-refractivity contribution in [3.63, 3.8) is 0 Å². The van der Waals surface area contributed by atoms with Crippen molar-refractivity contribution in [2.24, 2.45) is 0 Å². The van der Waals surface area contributed by atoms with E-state index in [9.17, 15) is 4.79 Å². The second kappa shape index (κ2) is 6.12. The molecule has 118 valence electrons. The Morgan fingerprint density at radius 3 is 2.61 bits per heavy atom. The number of aryl methyl sites for hydroxylation is 3. The third kappa shape index (κ3) is 3.34. The van der Waals surface area contributed by atoms with Crippen LogP contribution in [-0.4, -0.2) is 15.7 Å². The van der Waals surface area contributed by atoms with E-state index < -0.39 is 5.97 Å². The number of ether oxygens (including phenoxy) is 1. The van der Waals surface area contributed by atoms with Gasteiger partial charge in [-0.25, -0.2) is 4.79 Å². The predicted molar refractivity (Wildman–Crippen MR) is 85.6 cm³/mol. The van der Waals surface area contributed by atoms with Crippen molar-refractivity contribution in [1.82, 2.24) is 9.78 Å². The molecule has 0 aliphatic carbocycles. The molecule has 0 unspecified atom stereocenters. The van der Waals surface area contributed by atoms with Crippen molar-refractivity contribution < 1.29 is 13.9 Å². The van der Waals surface area contributed by atoms with E-state index in [2.05, 4.69) is 5.10 Å². The van der Waals surface area contributed by atoms with Gasteiger partial charge in [0.05, 0.1) is 6.54 Å². The van der Waals surface area contributed by atoms with Crippen molar-refractivity contribution in [2.45, 2.75) is 27.3 Å². The molecule has 0 saturated heterocycles. The van der Waals surface area contributed by atoms with Crippen LogP contribution in [0.25, 0.3) is 0 Å². The van der Waals surface area contributed by atoms with Gasteiger partial charge in [-0.15, -0.1) is 0 Å². The summed E-state index contributed by atoms with van der Waals surface area (Å²) in [6.45, 7) is 6.34. The fourth-order valence-corrected chi connectivity index (χ4v) is 2.60. The molecule has 0 atom stereocenters. The van der Waals surface area contributed by atoms with Gasteiger partial charge in [-0.05, 0) is 50.1 Å². The molecular weight excluding hydrogens is 292 g/mol. The minimum absolute atomic E-state index is 0.187. The summed E-state index contributed by atoms with van der Waals surface area (Å²) < 4.78 is 12.8. The first-order chi connectivity index (χ1) is 11.0. The molecule has 0 spiro atoms. The number of furan rings is 1. The zero-order valence-electron chi connectivity index (χ0n) is 13.4. The first kappa shape index (κ1) is 15.1. The molecule has 5 heteroatoms. The average Bonchev–Trinajstić information content (AvgIpc) is 3.15. The summed E-state index contributed by atoms with van der Waals surface area (Å²) in [7, 11) is 0. The van der Waals surface area contributed by atoms with E-state index >= 15 is 0 Å². The quantitative estimate of drug-likeness (QED) is 0.545. The zero-order valence-corrected chi connectivity index (χ0v) is 13.4. The van der Waals surface area contributed by atoms with Gasteiger partial charge in [-0.3, -0.25) is 4.68 Å². The fraction of sp³-hybridized carbons (Fsp3) is 0.222. The monoisotopic (exact) mass is 310 g/mol. The molecule has 3 rings (SSSR count). The van der Waals surface area contributed by atoms with Crippen molar-refractivity contribution >= 4 is 5.97 Å². The van der Waals surface area contributed by atoms with Crippen LogP contribution in [0.15, 0.2) is 47.1 Å². The largest absolute Gasteiger partial charge is 0.452 e. The summed E-state index contributed by atoms with van der Waals surface area (Å²) in [5.41, 5.74) is 3.00. The van der Waals surface area contributed by atoms with Crippen LogP contribution in [0, 0.1) is 20.8 Å². The van der Waals surface area contributed by atoms with E-state index in [0.717, 1.165) is 16.7 Å². The van der Waals surface area contributed by atoms with Crippen LogP contribution in [0.1, 0.15) is 33.0 Å². The lowest BCUT2D eigenvalue weighted by atomic mass is 10.1. The van der Waals surface area contributed by atoms with Gasteiger partial charge in [0.2, 0.25) is 5.76 Å². The topological polar surface area (TPSA) is 57.3 Å². The van der Waals surface area contributed by atoms with E-state index in [0.29, 0.717) is 18.1 Å². The van der Waals surface area contributed by atoms with Crippen LogP contribution in [0.3, 0.4) is 0 Å². The molecule has 23 heavy (non-hydrogen) atoms. The van der Waals surface area contributed by atoms with Gasteiger partial charge in [0.15, 0.2) is 0 Å². The van der Waals surface area contributed by atoms with E-state index in [1.807, 2.05) is 45.2 Å². The lowest BCUT2D eigenvalue weighted by Crippen LogP contribution is -2.09. The van der Waals surface area contributed by atoms with Crippen molar-refractivity contribution in [3.05, 3.63) is 70.9 Å². The predicted octanol–water partition coefficient (Wildman–Crippen LogP) is 3.67. The van der Waals surface area contributed by atoms with Crippen LogP contribution >= 0.6 is 0 Å². The van der Waals surface area contributed by atoms with Crippen LogP contribution in [0.2, 0.25) is 0 Å². The summed E-state index contributed by atoms with van der Waals surface area (Å²) in [4.78, 5) is 12.3. The van der Waals surface area contributed by atoms with Gasteiger partial charge in [-0.2, -0.15) is 5.10 Å². The van der Waals surface area contributed by atoms with Gasteiger partial charge in [-0.1, -0.05) is 17.7 Å². The van der Waals surface area contributed by atoms with Crippen LogP contribution < -0.4 is 4.74 Å². The molecular formula is C18H18N2O3. The molecule has 0 fully saturated rings. The Hall–Kier alpha value is -2.82. The molecule has 0 aliphatic rings. The number of esters is 1. The zero-order chi connectivity index (χ0) is 16.4. The van der Waals surface area contributed by atoms with Crippen molar-refractivity contribution in [2.75, 3.05) is 0 Å². The molecule has 0 radical (unpaired) electrons. The summed E-state index contributed by atoms with van der Waals surface area (Å²) in [5.74, 6) is 0.932. The van der Waals surface area contributed by atoms with Crippen LogP contribution in [0.4, 0.5) is 0 Å². The maximum absolute atomic E-state index is 12.3. The summed E-state index contributed by atoms with van der Waals surface area (Å²) in [6.07, 6.45) is 3.53. The van der Waals surface area contributed by atoms with E-state index in [1.165, 1.54) is 0 Å². The number of rotatable bonds is 4. The molecule has 2 aromatic heterocycles. The van der Waals surface area contributed by atoms with Crippen LogP contribution in [-0.2, 0) is 6.54 Å². The molecule has 0 bridgehead atoms. The maximum Gasteiger partial charge on any atom is 0.379 e. The lowest BCUT2D eigenvalue weighted by Gasteiger charge is -2.10. The van der Waals surface area contributed by atoms with Gasteiger partial charge in [0.1, 0.15) is 11.5 Å². The molecule has 0 saturated carbocycles. The standard InChI is InChI=1S/C18H18N2O3/c1-12-9-13(2)17(14(3)10-12)23-18(21)16-6-5-15(22-16)11-20-8-4-7-19-20/h4-10H,11H2,1-3H3. The molecule has 0 amide bonds. The molecule has 5 nitrogen and oxygen atoms in total. The van der Waals surface area contributed by atoms with Crippen molar-refractivity contribution in [3.8, 4) is 5.75 Å². The number of benzene rings is 1. The highest BCUT2D eigenvalue weighted by Crippen LogP contribution is 2.25. The van der Waals surface area contributed by atoms with Gasteiger partial charge < -0.3 is 9.15 Å². The van der Waals surface area contributed by atoms with Crippen LogP contribution in [0.5, 0.6) is 5.75 Å². The number of aromatic nitrogens is 2. The second-order valence-corrected chi connectivity index (χ2v) is 5.59. The summed E-state index contributed by atoms with van der Waals surface area (Å²) in [6, 6.07) is 9.19. The van der Waals surface area contributed by atoms with Gasteiger partial charge >= 0.3 is 5.97 Å². The Morgan fingerprint density at radius 1 is 1.22 bits per heavy atom. The average molecular weight is 310 g/mol. The highest BCUT2D eigenvalue weighted by Gasteiger charge is 2.16. The molecule has 0 N–H and O–H groups in total. The SMILES string of the molecule is Cc1cc(C)c(OC(=O)c2ccc(Cn3cccn3)o2)c(C)c1. The first-order valence-corrected chi connectivity index (χ1v) is 7.39. The number of carbonyl (C=O) groups is 1. The Morgan fingerprint density at radius 2 is 1.96 bits per heavy atom. The highest BCUT2D eigenvalue weighted by atomic mass is 16.5. The van der Waals surface area contributed by atoms with Crippen molar-refractivity contribution in [1.29, 1.82) is 0 Å².